The lowest BCUT2D eigenvalue weighted by Gasteiger charge is -2.19. The molecule has 3 heteroatoms. The van der Waals surface area contributed by atoms with E-state index in [0.29, 0.717) is 0 Å². The fourth-order valence-corrected chi connectivity index (χ4v) is 1.60. The van der Waals surface area contributed by atoms with Crippen molar-refractivity contribution in [3.63, 3.8) is 0 Å². The maximum Gasteiger partial charge on any atom is 0.132 e. The molecule has 3 nitrogen and oxygen atoms in total. The third-order valence-electron chi connectivity index (χ3n) is 2.86. The lowest BCUT2D eigenvalue weighted by molar-refractivity contribution is 0.683. The first kappa shape index (κ1) is 10.4. The number of anilines is 1. The number of hydrogen-bond acceptors (Lipinski definition) is 3. The molecule has 0 bridgehead atoms. The van der Waals surface area contributed by atoms with E-state index in [1.807, 2.05) is 12.3 Å². The highest BCUT2D eigenvalue weighted by atomic mass is 15.2. The number of rotatable bonds is 5. The molecule has 82 valence electrons. The number of nitrogens with zero attached hydrogens (tertiary/aromatic N) is 2. The normalized spacial score (nSPS) is 15.3. The Morgan fingerprint density at radius 3 is 3.00 bits per heavy atom. The van der Waals surface area contributed by atoms with Gasteiger partial charge in [-0.15, -0.1) is 0 Å². The summed E-state index contributed by atoms with van der Waals surface area (Å²) in [4.78, 5) is 6.62. The molecule has 1 aromatic heterocycles. The highest BCUT2D eigenvalue weighted by Crippen LogP contribution is 2.21. The Kier molecular flexibility index (Phi) is 3.21. The summed E-state index contributed by atoms with van der Waals surface area (Å²) in [5.41, 5.74) is 1.30. The van der Waals surface area contributed by atoms with Gasteiger partial charge in [-0.1, -0.05) is 6.07 Å². The Balaban J connectivity index is 2.05. The van der Waals surface area contributed by atoms with Gasteiger partial charge in [-0.05, 0) is 25.8 Å². The van der Waals surface area contributed by atoms with Gasteiger partial charge in [0.25, 0.3) is 0 Å². The Morgan fingerprint density at radius 2 is 2.33 bits per heavy atom. The summed E-state index contributed by atoms with van der Waals surface area (Å²) in [6, 6.07) is 4.92. The number of hydrogen-bond donors (Lipinski definition) is 1. The lowest BCUT2D eigenvalue weighted by atomic mass is 10.2. The molecule has 0 aromatic carbocycles. The van der Waals surface area contributed by atoms with Crippen LogP contribution in [0.15, 0.2) is 18.3 Å². The van der Waals surface area contributed by atoms with Gasteiger partial charge in [0.05, 0.1) is 0 Å². The molecular weight excluding hydrogens is 186 g/mol. The van der Waals surface area contributed by atoms with E-state index >= 15 is 0 Å². The molecule has 1 heterocycles. The molecule has 0 unspecified atom stereocenters. The summed E-state index contributed by atoms with van der Waals surface area (Å²) in [7, 11) is 2.09. The van der Waals surface area contributed by atoms with Crippen LogP contribution in [0.1, 0.15) is 25.3 Å². The highest BCUT2D eigenvalue weighted by Gasteiger charge is 2.20. The average molecular weight is 205 g/mol. The maximum absolute atomic E-state index is 4.43. The van der Waals surface area contributed by atoms with Crippen LogP contribution in [0.4, 0.5) is 5.82 Å². The molecule has 0 aliphatic heterocycles. The van der Waals surface area contributed by atoms with Crippen LogP contribution in [0.3, 0.4) is 0 Å². The van der Waals surface area contributed by atoms with E-state index in [2.05, 4.69) is 35.2 Å². The van der Waals surface area contributed by atoms with Crippen LogP contribution in [0.25, 0.3) is 0 Å². The molecule has 1 aliphatic rings. The quantitative estimate of drug-likeness (QED) is 0.794. The van der Waals surface area contributed by atoms with Crippen molar-refractivity contribution >= 4 is 5.82 Å². The van der Waals surface area contributed by atoms with Crippen LogP contribution in [-0.2, 0) is 6.54 Å². The van der Waals surface area contributed by atoms with E-state index in [9.17, 15) is 0 Å². The van der Waals surface area contributed by atoms with Gasteiger partial charge < -0.3 is 10.2 Å². The van der Waals surface area contributed by atoms with Gasteiger partial charge in [0.15, 0.2) is 0 Å². The highest BCUT2D eigenvalue weighted by molar-refractivity contribution is 5.45. The van der Waals surface area contributed by atoms with Crippen molar-refractivity contribution in [3.8, 4) is 0 Å². The van der Waals surface area contributed by atoms with E-state index in [1.165, 1.54) is 18.4 Å². The van der Waals surface area contributed by atoms with E-state index in [4.69, 9.17) is 0 Å². The summed E-state index contributed by atoms with van der Waals surface area (Å²) >= 11 is 0. The Morgan fingerprint density at radius 1 is 1.53 bits per heavy atom. The van der Waals surface area contributed by atoms with E-state index in [0.717, 1.165) is 24.9 Å². The minimum Gasteiger partial charge on any atom is -0.360 e. The van der Waals surface area contributed by atoms with Gasteiger partial charge in [-0.2, -0.15) is 0 Å². The number of nitrogens with one attached hydrogen (secondary N) is 1. The molecule has 2 rings (SSSR count). The van der Waals surface area contributed by atoms with Crippen LogP contribution >= 0.6 is 0 Å². The van der Waals surface area contributed by atoms with Gasteiger partial charge in [0, 0.05) is 37.9 Å². The topological polar surface area (TPSA) is 28.2 Å². The van der Waals surface area contributed by atoms with Crippen molar-refractivity contribution in [1.82, 2.24) is 10.3 Å². The summed E-state index contributed by atoms with van der Waals surface area (Å²) in [5.74, 6) is 1.10. The number of aromatic nitrogens is 1. The van der Waals surface area contributed by atoms with E-state index < -0.39 is 0 Å². The Bertz CT molecular complexity index is 320. The smallest absolute Gasteiger partial charge is 0.132 e. The second-order valence-electron chi connectivity index (χ2n) is 4.16. The number of pyridine rings is 1. The van der Waals surface area contributed by atoms with Crippen molar-refractivity contribution in [1.29, 1.82) is 0 Å². The molecule has 1 N–H and O–H groups in total. The summed E-state index contributed by atoms with van der Waals surface area (Å²) in [6.07, 6.45) is 4.53. The first-order valence-corrected chi connectivity index (χ1v) is 5.69. The molecule has 0 radical (unpaired) electrons. The molecule has 1 saturated carbocycles. The van der Waals surface area contributed by atoms with E-state index in [1.54, 1.807) is 0 Å². The van der Waals surface area contributed by atoms with E-state index in [-0.39, 0.29) is 0 Å². The SMILES string of the molecule is CCN(C)c1ncccc1CNC1CC1. The molecule has 0 saturated heterocycles. The molecule has 1 aliphatic carbocycles. The van der Waals surface area contributed by atoms with Crippen LogP contribution in [0.5, 0.6) is 0 Å². The predicted molar refractivity (Wildman–Crippen MR) is 63.0 cm³/mol. The minimum absolute atomic E-state index is 0.755. The van der Waals surface area contributed by atoms with Crippen LogP contribution in [0, 0.1) is 0 Å². The van der Waals surface area contributed by atoms with Gasteiger partial charge >= 0.3 is 0 Å². The summed E-state index contributed by atoms with van der Waals surface area (Å²) in [6.45, 7) is 4.08. The molecule has 1 fully saturated rings. The third kappa shape index (κ3) is 2.69. The third-order valence-corrected chi connectivity index (χ3v) is 2.86. The largest absolute Gasteiger partial charge is 0.360 e. The second-order valence-corrected chi connectivity index (χ2v) is 4.16. The first-order chi connectivity index (χ1) is 7.31. The molecule has 0 atom stereocenters. The van der Waals surface area contributed by atoms with Crippen molar-refractivity contribution in [2.75, 3.05) is 18.5 Å². The fourth-order valence-electron chi connectivity index (χ4n) is 1.60. The van der Waals surface area contributed by atoms with Crippen LogP contribution in [-0.4, -0.2) is 24.6 Å². The summed E-state index contributed by atoms with van der Waals surface area (Å²) < 4.78 is 0. The molecule has 15 heavy (non-hydrogen) atoms. The van der Waals surface area contributed by atoms with Crippen LogP contribution < -0.4 is 10.2 Å². The molecular formula is C12H19N3. The molecule has 0 spiro atoms. The molecule has 1 aromatic rings. The van der Waals surface area contributed by atoms with Crippen molar-refractivity contribution in [3.05, 3.63) is 23.9 Å². The van der Waals surface area contributed by atoms with Gasteiger partial charge in [0.1, 0.15) is 5.82 Å². The second kappa shape index (κ2) is 4.62. The monoisotopic (exact) mass is 205 g/mol. The van der Waals surface area contributed by atoms with Crippen molar-refractivity contribution < 1.29 is 0 Å². The first-order valence-electron chi connectivity index (χ1n) is 5.69. The van der Waals surface area contributed by atoms with Gasteiger partial charge in [-0.3, -0.25) is 0 Å². The van der Waals surface area contributed by atoms with Crippen LogP contribution in [0.2, 0.25) is 0 Å². The van der Waals surface area contributed by atoms with Crippen molar-refractivity contribution in [2.45, 2.75) is 32.4 Å². The standard InChI is InChI=1S/C12H19N3/c1-3-15(2)12-10(5-4-8-13-12)9-14-11-6-7-11/h4-5,8,11,14H,3,6-7,9H2,1-2H3. The lowest BCUT2D eigenvalue weighted by Crippen LogP contribution is -2.22. The summed E-state index contributed by atoms with van der Waals surface area (Å²) in [5, 5.41) is 3.53. The van der Waals surface area contributed by atoms with Crippen molar-refractivity contribution in [2.24, 2.45) is 0 Å². The minimum atomic E-state index is 0.755. The van der Waals surface area contributed by atoms with Gasteiger partial charge in [-0.25, -0.2) is 4.98 Å². The Hall–Kier alpha value is -1.09. The zero-order valence-corrected chi connectivity index (χ0v) is 9.53. The maximum atomic E-state index is 4.43. The average Bonchev–Trinajstić information content (AvgIpc) is 3.09. The predicted octanol–water partition coefficient (Wildman–Crippen LogP) is 1.79. The fraction of sp³-hybridized carbons (Fsp3) is 0.583. The van der Waals surface area contributed by atoms with Gasteiger partial charge in [0.2, 0.25) is 0 Å². The Labute approximate surface area is 91.5 Å². The zero-order valence-electron chi connectivity index (χ0n) is 9.53. The zero-order chi connectivity index (χ0) is 10.7. The molecule has 0 amide bonds.